The van der Waals surface area contributed by atoms with Crippen LogP contribution in [0, 0.1) is 0 Å². The summed E-state index contributed by atoms with van der Waals surface area (Å²) in [6.07, 6.45) is -0.235. The van der Waals surface area contributed by atoms with Gasteiger partial charge < -0.3 is 26.6 Å². The molecule has 0 rings (SSSR count). The molecule has 0 saturated carbocycles. The van der Waals surface area contributed by atoms with Gasteiger partial charge in [0.1, 0.15) is 18.6 Å². The number of nitrogens with two attached hydrogens (primary N) is 1. The fourth-order valence-electron chi connectivity index (χ4n) is 1.16. The van der Waals surface area contributed by atoms with Gasteiger partial charge in [-0.3, -0.25) is 19.2 Å². The van der Waals surface area contributed by atoms with Crippen molar-refractivity contribution in [3.63, 3.8) is 0 Å². The van der Waals surface area contributed by atoms with Gasteiger partial charge in [0.15, 0.2) is 0 Å². The molecule has 0 saturated heterocycles. The van der Waals surface area contributed by atoms with Crippen molar-refractivity contribution in [1.29, 1.82) is 0 Å². The number of carbonyl (C=O) groups is 4. The summed E-state index contributed by atoms with van der Waals surface area (Å²) in [6, 6.07) is -2.15. The van der Waals surface area contributed by atoms with Crippen molar-refractivity contribution >= 4 is 64.0 Å². The molecule has 0 aliphatic carbocycles. The van der Waals surface area contributed by atoms with Crippen LogP contribution in [0.25, 0.3) is 0 Å². The summed E-state index contributed by atoms with van der Waals surface area (Å²) in [5, 5.41) is 21.4. The number of aliphatic carboxylic acids is 2. The number of thiol groups is 1. The summed E-state index contributed by atoms with van der Waals surface area (Å²) in [7, 11) is 14.9. The van der Waals surface area contributed by atoms with E-state index in [4.69, 9.17) is 43.5 Å². The van der Waals surface area contributed by atoms with Crippen LogP contribution in [-0.2, 0) is 34.4 Å². The van der Waals surface area contributed by atoms with Crippen LogP contribution < -0.4 is 16.4 Å². The standard InChI is InChI=1S/C10H17N3O6S.Au.3ClH/c11-5(10(18)19)1-2-7(14)13-6(4-20)9(17)12-3-8(15)16;;;;/h5-6,20H,1-4,11H2,(H,12,17)(H,13,14)(H,15,16)(H,18,19);;3*1H/q;+3;;;/p-3. The van der Waals surface area contributed by atoms with Crippen molar-refractivity contribution in [2.75, 3.05) is 12.3 Å². The van der Waals surface area contributed by atoms with Gasteiger partial charge in [-0.15, -0.1) is 0 Å². The molecule has 0 aromatic carbocycles. The number of carboxylic acid groups (broad SMARTS) is 2. The number of hydrogen-bond acceptors (Lipinski definition) is 6. The number of nitrogens with one attached hydrogen (secondary N) is 2. The van der Waals surface area contributed by atoms with Crippen molar-refractivity contribution in [1.82, 2.24) is 10.6 Å². The van der Waals surface area contributed by atoms with Gasteiger partial charge in [0, 0.05) is 12.2 Å². The van der Waals surface area contributed by atoms with E-state index in [0.717, 1.165) is 0 Å². The third-order valence-electron chi connectivity index (χ3n) is 2.25. The third kappa shape index (κ3) is 16.7. The first kappa shape index (κ1) is 26.0. The van der Waals surface area contributed by atoms with Crippen LogP contribution >= 0.6 is 40.2 Å². The molecular weight excluding hydrogens is 594 g/mol. The first-order valence-corrected chi connectivity index (χ1v) is 14.7. The number of amides is 2. The molecule has 2 unspecified atom stereocenters. The molecule has 0 heterocycles. The van der Waals surface area contributed by atoms with Crippen LogP contribution in [0.5, 0.6) is 0 Å². The van der Waals surface area contributed by atoms with Crippen molar-refractivity contribution in [3.05, 3.63) is 0 Å². The van der Waals surface area contributed by atoms with E-state index in [-0.39, 0.29) is 18.6 Å². The Morgan fingerprint density at radius 1 is 1.17 bits per heavy atom. The second-order valence-corrected chi connectivity index (χ2v) is 13.8. The Morgan fingerprint density at radius 3 is 2.04 bits per heavy atom. The van der Waals surface area contributed by atoms with Crippen LogP contribution in [-0.4, -0.2) is 58.3 Å². The first-order chi connectivity index (χ1) is 11.0. The first-order valence-electron chi connectivity index (χ1n) is 6.00. The van der Waals surface area contributed by atoms with Gasteiger partial charge >= 0.3 is 54.7 Å². The van der Waals surface area contributed by atoms with Crippen LogP contribution in [0.2, 0.25) is 0 Å². The quantitative estimate of drug-likeness (QED) is 0.157. The van der Waals surface area contributed by atoms with E-state index in [1.807, 2.05) is 0 Å². The molecule has 2 amide bonds. The molecule has 146 valence electrons. The summed E-state index contributed by atoms with van der Waals surface area (Å²) in [5.41, 5.74) is 5.23. The Hall–Kier alpha value is -0.200. The molecule has 0 bridgehead atoms. The molecule has 9 nitrogen and oxygen atoms in total. The van der Waals surface area contributed by atoms with Crippen molar-refractivity contribution < 1.29 is 44.6 Å². The Kier molecular flexibility index (Phi) is 16.4. The molecule has 0 fully saturated rings. The second-order valence-electron chi connectivity index (χ2n) is 4.03. The molecule has 14 heteroatoms. The Labute approximate surface area is 161 Å². The van der Waals surface area contributed by atoms with Gasteiger partial charge in [-0.25, -0.2) is 0 Å². The molecule has 0 radical (unpaired) electrons. The monoisotopic (exact) mass is 609 g/mol. The van der Waals surface area contributed by atoms with Gasteiger partial charge in [0.25, 0.3) is 0 Å². The molecule has 24 heavy (non-hydrogen) atoms. The van der Waals surface area contributed by atoms with Crippen LogP contribution in [0.1, 0.15) is 12.8 Å². The van der Waals surface area contributed by atoms with Crippen molar-refractivity contribution in [2.45, 2.75) is 24.9 Å². The predicted octanol–water partition coefficient (Wildman–Crippen LogP) is -0.140. The maximum atomic E-state index is 11.5. The molecule has 0 aromatic heterocycles. The fraction of sp³-hybridized carbons (Fsp3) is 0.600. The van der Waals surface area contributed by atoms with Crippen molar-refractivity contribution in [2.24, 2.45) is 5.73 Å². The Bertz CT molecular complexity index is 443. The van der Waals surface area contributed by atoms with E-state index >= 15 is 0 Å². The normalized spacial score (nSPS) is 12.8. The number of rotatable bonds is 9. The van der Waals surface area contributed by atoms with E-state index < -0.39 is 57.6 Å². The maximum absolute atomic E-state index is 11.5. The molecule has 0 aromatic rings. The van der Waals surface area contributed by atoms with Crippen LogP contribution in [0.4, 0.5) is 0 Å². The van der Waals surface area contributed by atoms with Crippen LogP contribution in [0.15, 0.2) is 0 Å². The summed E-state index contributed by atoms with van der Waals surface area (Å²) in [5.74, 6) is -3.70. The Balaban J connectivity index is 0. The minimum absolute atomic E-state index is 0.0256. The molecular formula is C10H17AuCl3N3O6S. The molecule has 0 aliphatic rings. The number of halogens is 3. The fourth-order valence-corrected chi connectivity index (χ4v) is 1.41. The number of hydrogen-bond donors (Lipinski definition) is 6. The molecule has 0 aliphatic heterocycles. The average molecular weight is 611 g/mol. The van der Waals surface area contributed by atoms with Gasteiger partial charge in [-0.05, 0) is 6.42 Å². The van der Waals surface area contributed by atoms with Gasteiger partial charge in [0.05, 0.1) is 0 Å². The number of carbonyl (C=O) groups excluding carboxylic acids is 2. The SMILES string of the molecule is NC(CCC(=O)NC(CS)C(=O)NCC(=O)O)C(=O)O.[Cl][Au]([Cl])[Cl]. The minimum atomic E-state index is -1.79. The molecule has 2 atom stereocenters. The van der Waals surface area contributed by atoms with Crippen molar-refractivity contribution in [3.8, 4) is 0 Å². The molecule has 6 N–H and O–H groups in total. The zero-order chi connectivity index (χ0) is 19.3. The topological polar surface area (TPSA) is 159 Å². The molecule has 0 spiro atoms. The summed E-state index contributed by atoms with van der Waals surface area (Å²) in [4.78, 5) is 43.7. The van der Waals surface area contributed by atoms with E-state index in [0.29, 0.717) is 0 Å². The zero-order valence-electron chi connectivity index (χ0n) is 12.0. The second kappa shape index (κ2) is 15.1. The van der Waals surface area contributed by atoms with E-state index in [9.17, 15) is 19.2 Å². The van der Waals surface area contributed by atoms with E-state index in [2.05, 4.69) is 23.3 Å². The number of carboxylic acids is 2. The van der Waals surface area contributed by atoms with Gasteiger partial charge in [-0.2, -0.15) is 12.6 Å². The average Bonchev–Trinajstić information content (AvgIpc) is 2.46. The predicted molar refractivity (Wildman–Crippen MR) is 88.8 cm³/mol. The van der Waals surface area contributed by atoms with Crippen LogP contribution in [0.3, 0.4) is 0 Å². The third-order valence-corrected chi connectivity index (χ3v) is 2.61. The van der Waals surface area contributed by atoms with E-state index in [1.165, 1.54) is 0 Å². The zero-order valence-corrected chi connectivity index (χ0v) is 17.3. The summed E-state index contributed by atoms with van der Waals surface area (Å²) in [6.45, 7) is -0.567. The summed E-state index contributed by atoms with van der Waals surface area (Å²) < 4.78 is 0. The summed E-state index contributed by atoms with van der Waals surface area (Å²) >= 11 is 2.09. The van der Waals surface area contributed by atoms with Gasteiger partial charge in [0.2, 0.25) is 11.8 Å². The Morgan fingerprint density at radius 2 is 1.67 bits per heavy atom. The van der Waals surface area contributed by atoms with Gasteiger partial charge in [-0.1, -0.05) is 0 Å². The van der Waals surface area contributed by atoms with E-state index in [1.54, 1.807) is 0 Å².